The second-order valence-electron chi connectivity index (χ2n) is 3.93. The molecule has 0 fully saturated rings. The lowest BCUT2D eigenvalue weighted by Gasteiger charge is -2.17. The fourth-order valence-corrected chi connectivity index (χ4v) is 1.50. The molecule has 4 heteroatoms. The average molecular weight is 216 g/mol. The number of carbonyl (C=O) groups is 1. The van der Waals surface area contributed by atoms with E-state index >= 15 is 0 Å². The Morgan fingerprint density at radius 3 is 2.53 bits per heavy atom. The summed E-state index contributed by atoms with van der Waals surface area (Å²) in [6.45, 7) is 4.80. The lowest BCUT2D eigenvalue weighted by molar-refractivity contribution is -0.122. The molecule has 2 atom stereocenters. The van der Waals surface area contributed by atoms with Crippen LogP contribution in [-0.4, -0.2) is 30.2 Å². The van der Waals surface area contributed by atoms with Gasteiger partial charge in [0.15, 0.2) is 0 Å². The molecule has 2 unspecified atom stereocenters. The summed E-state index contributed by atoms with van der Waals surface area (Å²) in [5, 5.41) is 11.7. The van der Waals surface area contributed by atoms with E-state index in [0.717, 1.165) is 19.3 Å². The van der Waals surface area contributed by atoms with Crippen LogP contribution in [-0.2, 0) is 4.79 Å². The summed E-state index contributed by atoms with van der Waals surface area (Å²) >= 11 is 0. The number of hydrogen-bond donors (Lipinski definition) is 3. The fourth-order valence-electron chi connectivity index (χ4n) is 1.50. The van der Waals surface area contributed by atoms with Gasteiger partial charge in [-0.3, -0.25) is 4.79 Å². The highest BCUT2D eigenvalue weighted by Crippen LogP contribution is 2.09. The Kier molecular flexibility index (Phi) is 8.33. The van der Waals surface area contributed by atoms with Crippen LogP contribution in [0.2, 0.25) is 0 Å². The smallest absolute Gasteiger partial charge is 0.236 e. The molecule has 0 bridgehead atoms. The molecule has 4 N–H and O–H groups in total. The maximum absolute atomic E-state index is 11.4. The van der Waals surface area contributed by atoms with Gasteiger partial charge in [0.1, 0.15) is 0 Å². The van der Waals surface area contributed by atoms with Crippen molar-refractivity contribution in [3.05, 3.63) is 0 Å². The van der Waals surface area contributed by atoms with E-state index in [1.807, 2.05) is 6.92 Å². The van der Waals surface area contributed by atoms with Crippen LogP contribution in [0.4, 0.5) is 0 Å². The molecule has 0 aromatic rings. The van der Waals surface area contributed by atoms with Gasteiger partial charge in [-0.2, -0.15) is 0 Å². The molecule has 0 aliphatic rings. The highest BCUT2D eigenvalue weighted by Gasteiger charge is 2.13. The van der Waals surface area contributed by atoms with E-state index in [2.05, 4.69) is 12.2 Å². The lowest BCUT2D eigenvalue weighted by Crippen LogP contribution is -2.42. The van der Waals surface area contributed by atoms with E-state index in [1.165, 1.54) is 0 Å². The van der Waals surface area contributed by atoms with E-state index < -0.39 is 6.04 Å². The van der Waals surface area contributed by atoms with Gasteiger partial charge in [-0.15, -0.1) is 0 Å². The van der Waals surface area contributed by atoms with E-state index in [0.29, 0.717) is 18.9 Å². The molecule has 0 radical (unpaired) electrons. The van der Waals surface area contributed by atoms with Crippen LogP contribution in [0.1, 0.15) is 39.5 Å². The van der Waals surface area contributed by atoms with Crippen molar-refractivity contribution in [3.8, 4) is 0 Å². The Morgan fingerprint density at radius 2 is 2.07 bits per heavy atom. The van der Waals surface area contributed by atoms with Crippen molar-refractivity contribution in [1.82, 2.24) is 5.32 Å². The first-order valence-corrected chi connectivity index (χ1v) is 5.79. The van der Waals surface area contributed by atoms with Crippen molar-refractivity contribution >= 4 is 5.91 Å². The molecule has 4 nitrogen and oxygen atoms in total. The Balaban J connectivity index is 3.82. The van der Waals surface area contributed by atoms with Gasteiger partial charge in [0, 0.05) is 13.2 Å². The number of hydrogen-bond acceptors (Lipinski definition) is 3. The summed E-state index contributed by atoms with van der Waals surface area (Å²) in [6.07, 6.45) is 3.50. The van der Waals surface area contributed by atoms with Gasteiger partial charge in [0.2, 0.25) is 5.91 Å². The summed E-state index contributed by atoms with van der Waals surface area (Å²) in [4.78, 5) is 11.4. The number of aliphatic hydroxyl groups is 1. The first-order valence-electron chi connectivity index (χ1n) is 5.79. The van der Waals surface area contributed by atoms with Gasteiger partial charge in [0.25, 0.3) is 0 Å². The van der Waals surface area contributed by atoms with Crippen LogP contribution in [0.25, 0.3) is 0 Å². The molecule has 0 aliphatic carbocycles. The maximum atomic E-state index is 11.4. The second kappa shape index (κ2) is 8.68. The van der Waals surface area contributed by atoms with Crippen molar-refractivity contribution in [1.29, 1.82) is 0 Å². The Hall–Kier alpha value is -0.610. The molecule has 0 saturated heterocycles. The molecular weight excluding hydrogens is 192 g/mol. The number of amides is 1. The average Bonchev–Trinajstić information content (AvgIpc) is 2.25. The predicted octanol–water partition coefficient (Wildman–Crippen LogP) is 0.639. The van der Waals surface area contributed by atoms with Gasteiger partial charge < -0.3 is 16.2 Å². The zero-order valence-electron chi connectivity index (χ0n) is 9.83. The van der Waals surface area contributed by atoms with Gasteiger partial charge >= 0.3 is 0 Å². The molecule has 0 spiro atoms. The number of carbonyl (C=O) groups excluding carboxylic acids is 1. The Bertz CT molecular complexity index is 168. The molecule has 0 heterocycles. The van der Waals surface area contributed by atoms with Gasteiger partial charge in [0.05, 0.1) is 6.04 Å². The fraction of sp³-hybridized carbons (Fsp3) is 0.909. The first kappa shape index (κ1) is 14.4. The van der Waals surface area contributed by atoms with Crippen LogP contribution in [0.3, 0.4) is 0 Å². The van der Waals surface area contributed by atoms with Gasteiger partial charge in [-0.25, -0.2) is 0 Å². The number of nitrogens with one attached hydrogen (secondary N) is 1. The minimum atomic E-state index is -0.401. The number of nitrogens with two attached hydrogens (primary N) is 1. The molecule has 0 aliphatic heterocycles. The standard InChI is InChI=1S/C11H24N2O2/c1-3-5-9(6-7-14)8-13-11(15)10(12)4-2/h9-10,14H,3-8,12H2,1-2H3,(H,13,15). The summed E-state index contributed by atoms with van der Waals surface area (Å²) in [5.41, 5.74) is 5.59. The largest absolute Gasteiger partial charge is 0.396 e. The van der Waals surface area contributed by atoms with Crippen LogP contribution >= 0.6 is 0 Å². The van der Waals surface area contributed by atoms with Gasteiger partial charge in [-0.1, -0.05) is 20.3 Å². The molecule has 0 rings (SSSR count). The third-order valence-corrected chi connectivity index (χ3v) is 2.58. The zero-order valence-corrected chi connectivity index (χ0v) is 9.83. The Labute approximate surface area is 92.2 Å². The summed E-state index contributed by atoms with van der Waals surface area (Å²) < 4.78 is 0. The molecular formula is C11H24N2O2. The van der Waals surface area contributed by atoms with E-state index in [4.69, 9.17) is 10.8 Å². The molecule has 15 heavy (non-hydrogen) atoms. The molecule has 90 valence electrons. The minimum absolute atomic E-state index is 0.0865. The van der Waals surface area contributed by atoms with Crippen molar-refractivity contribution in [3.63, 3.8) is 0 Å². The van der Waals surface area contributed by atoms with E-state index in [-0.39, 0.29) is 12.5 Å². The minimum Gasteiger partial charge on any atom is -0.396 e. The topological polar surface area (TPSA) is 75.3 Å². The lowest BCUT2D eigenvalue weighted by atomic mass is 10.00. The van der Waals surface area contributed by atoms with Crippen LogP contribution in [0.5, 0.6) is 0 Å². The van der Waals surface area contributed by atoms with Gasteiger partial charge in [-0.05, 0) is 25.2 Å². The second-order valence-corrected chi connectivity index (χ2v) is 3.93. The van der Waals surface area contributed by atoms with Crippen molar-refractivity contribution in [2.24, 2.45) is 11.7 Å². The maximum Gasteiger partial charge on any atom is 0.236 e. The van der Waals surface area contributed by atoms with Crippen molar-refractivity contribution in [2.75, 3.05) is 13.2 Å². The van der Waals surface area contributed by atoms with Crippen molar-refractivity contribution < 1.29 is 9.90 Å². The number of aliphatic hydroxyl groups excluding tert-OH is 1. The highest BCUT2D eigenvalue weighted by molar-refractivity contribution is 5.81. The predicted molar refractivity (Wildman–Crippen MR) is 61.4 cm³/mol. The highest BCUT2D eigenvalue weighted by atomic mass is 16.3. The third-order valence-electron chi connectivity index (χ3n) is 2.58. The SMILES string of the molecule is CCCC(CCO)CNC(=O)C(N)CC. The number of rotatable bonds is 8. The summed E-state index contributed by atoms with van der Waals surface area (Å²) in [7, 11) is 0. The van der Waals surface area contributed by atoms with Crippen molar-refractivity contribution in [2.45, 2.75) is 45.6 Å². The molecule has 0 aromatic carbocycles. The van der Waals surface area contributed by atoms with E-state index in [9.17, 15) is 4.79 Å². The zero-order chi connectivity index (χ0) is 11.7. The Morgan fingerprint density at radius 1 is 1.40 bits per heavy atom. The first-order chi connectivity index (χ1) is 7.15. The summed E-state index contributed by atoms with van der Waals surface area (Å²) in [6, 6.07) is -0.401. The van der Waals surface area contributed by atoms with Crippen LogP contribution in [0.15, 0.2) is 0 Å². The molecule has 0 saturated carbocycles. The third kappa shape index (κ3) is 6.47. The monoisotopic (exact) mass is 216 g/mol. The quantitative estimate of drug-likeness (QED) is 0.557. The normalized spacial score (nSPS) is 14.7. The van der Waals surface area contributed by atoms with Crippen LogP contribution in [0, 0.1) is 5.92 Å². The molecule has 1 amide bonds. The van der Waals surface area contributed by atoms with E-state index in [1.54, 1.807) is 0 Å². The van der Waals surface area contributed by atoms with Crippen LogP contribution < -0.4 is 11.1 Å². The summed E-state index contributed by atoms with van der Waals surface area (Å²) in [5.74, 6) is 0.282. The molecule has 0 aromatic heterocycles.